The monoisotopic (exact) mass is 308 g/mol. The molecule has 0 saturated heterocycles. The van der Waals surface area contributed by atoms with E-state index in [0.29, 0.717) is 16.9 Å². The maximum atomic E-state index is 11.7. The number of fused-ring (bicyclic) bond motifs is 1. The molecule has 3 rings (SSSR count). The SMILES string of the molecule is COc1ccc(=O)n(Cc2nc(Cl)c3ccsc3n2)n1. The van der Waals surface area contributed by atoms with E-state index >= 15 is 0 Å². The van der Waals surface area contributed by atoms with Gasteiger partial charge in [0.25, 0.3) is 5.56 Å². The number of hydrogen-bond donors (Lipinski definition) is 0. The van der Waals surface area contributed by atoms with Gasteiger partial charge in [-0.1, -0.05) is 11.6 Å². The van der Waals surface area contributed by atoms with Crippen molar-refractivity contribution >= 4 is 33.2 Å². The van der Waals surface area contributed by atoms with Crippen LogP contribution in [0.2, 0.25) is 5.15 Å². The third-order valence-electron chi connectivity index (χ3n) is 2.67. The van der Waals surface area contributed by atoms with Gasteiger partial charge in [-0.25, -0.2) is 14.6 Å². The molecule has 0 unspecified atom stereocenters. The lowest BCUT2D eigenvalue weighted by molar-refractivity contribution is 0.378. The Morgan fingerprint density at radius 1 is 1.35 bits per heavy atom. The normalized spacial score (nSPS) is 10.9. The topological polar surface area (TPSA) is 69.9 Å². The molecule has 0 spiro atoms. The molecule has 0 aliphatic rings. The Balaban J connectivity index is 2.02. The fourth-order valence-corrected chi connectivity index (χ4v) is 2.81. The second kappa shape index (κ2) is 5.18. The van der Waals surface area contributed by atoms with Crippen molar-refractivity contribution in [2.24, 2.45) is 0 Å². The van der Waals surface area contributed by atoms with Crippen LogP contribution in [0.1, 0.15) is 5.82 Å². The Bertz CT molecular complexity index is 830. The van der Waals surface area contributed by atoms with E-state index in [0.717, 1.165) is 10.2 Å². The molecule has 20 heavy (non-hydrogen) atoms. The molecule has 3 heterocycles. The zero-order chi connectivity index (χ0) is 14.1. The first-order chi connectivity index (χ1) is 9.67. The molecule has 3 aromatic heterocycles. The van der Waals surface area contributed by atoms with Crippen LogP contribution in [0.3, 0.4) is 0 Å². The maximum absolute atomic E-state index is 11.7. The minimum atomic E-state index is -0.253. The Morgan fingerprint density at radius 2 is 2.20 bits per heavy atom. The first-order valence-corrected chi connectivity index (χ1v) is 6.95. The van der Waals surface area contributed by atoms with Crippen LogP contribution in [-0.4, -0.2) is 26.9 Å². The number of ether oxygens (including phenoxy) is 1. The van der Waals surface area contributed by atoms with Gasteiger partial charge in [0.1, 0.15) is 16.5 Å². The van der Waals surface area contributed by atoms with Gasteiger partial charge < -0.3 is 4.74 Å². The van der Waals surface area contributed by atoms with Crippen molar-refractivity contribution in [3.8, 4) is 5.88 Å². The first kappa shape index (κ1) is 13.0. The molecule has 0 bridgehead atoms. The number of nitrogens with zero attached hydrogens (tertiary/aromatic N) is 4. The lowest BCUT2D eigenvalue weighted by Crippen LogP contribution is -2.23. The summed E-state index contributed by atoms with van der Waals surface area (Å²) in [5.74, 6) is 0.792. The largest absolute Gasteiger partial charge is 0.480 e. The second-order valence-electron chi connectivity index (χ2n) is 3.94. The van der Waals surface area contributed by atoms with Crippen molar-refractivity contribution in [1.29, 1.82) is 0 Å². The molecular formula is C12H9ClN4O2S. The lowest BCUT2D eigenvalue weighted by atomic mass is 10.4. The highest BCUT2D eigenvalue weighted by molar-refractivity contribution is 7.16. The summed E-state index contributed by atoms with van der Waals surface area (Å²) in [5, 5.41) is 7.13. The van der Waals surface area contributed by atoms with Crippen molar-refractivity contribution in [3.05, 3.63) is 44.9 Å². The van der Waals surface area contributed by atoms with Gasteiger partial charge in [0.15, 0.2) is 5.82 Å². The lowest BCUT2D eigenvalue weighted by Gasteiger charge is -2.05. The average Bonchev–Trinajstić information content (AvgIpc) is 2.90. The van der Waals surface area contributed by atoms with Gasteiger partial charge in [0.05, 0.1) is 7.11 Å². The highest BCUT2D eigenvalue weighted by Gasteiger charge is 2.09. The minimum Gasteiger partial charge on any atom is -0.480 e. The third-order valence-corrected chi connectivity index (χ3v) is 3.76. The van der Waals surface area contributed by atoms with Crippen molar-refractivity contribution in [1.82, 2.24) is 19.7 Å². The Labute approximate surface area is 122 Å². The zero-order valence-corrected chi connectivity index (χ0v) is 12.0. The smallest absolute Gasteiger partial charge is 0.267 e. The van der Waals surface area contributed by atoms with Gasteiger partial charge in [-0.05, 0) is 11.4 Å². The summed E-state index contributed by atoms with van der Waals surface area (Å²) >= 11 is 7.56. The molecule has 0 N–H and O–H groups in total. The van der Waals surface area contributed by atoms with E-state index in [1.54, 1.807) is 0 Å². The van der Waals surface area contributed by atoms with Crippen LogP contribution in [-0.2, 0) is 6.54 Å². The molecule has 0 saturated carbocycles. The van der Waals surface area contributed by atoms with Crippen LogP contribution in [0.5, 0.6) is 5.88 Å². The van der Waals surface area contributed by atoms with Crippen LogP contribution >= 0.6 is 22.9 Å². The Hall–Kier alpha value is -1.99. The van der Waals surface area contributed by atoms with Gasteiger partial charge in [-0.2, -0.15) is 0 Å². The molecule has 0 radical (unpaired) electrons. The van der Waals surface area contributed by atoms with E-state index in [1.807, 2.05) is 11.4 Å². The molecule has 0 atom stereocenters. The highest BCUT2D eigenvalue weighted by atomic mass is 35.5. The molecule has 0 fully saturated rings. The maximum Gasteiger partial charge on any atom is 0.267 e. The fraction of sp³-hybridized carbons (Fsp3) is 0.167. The van der Waals surface area contributed by atoms with E-state index in [9.17, 15) is 4.79 Å². The molecule has 0 aliphatic carbocycles. The van der Waals surface area contributed by atoms with Crippen molar-refractivity contribution in [2.75, 3.05) is 7.11 Å². The third kappa shape index (κ3) is 2.37. The molecule has 0 aliphatic heterocycles. The molecule has 0 aromatic carbocycles. The van der Waals surface area contributed by atoms with E-state index in [4.69, 9.17) is 16.3 Å². The van der Waals surface area contributed by atoms with Gasteiger partial charge in [-0.3, -0.25) is 4.79 Å². The van der Waals surface area contributed by atoms with Crippen LogP contribution < -0.4 is 10.3 Å². The van der Waals surface area contributed by atoms with Crippen molar-refractivity contribution < 1.29 is 4.74 Å². The van der Waals surface area contributed by atoms with Gasteiger partial charge in [-0.15, -0.1) is 16.4 Å². The molecular weight excluding hydrogens is 300 g/mol. The molecule has 6 nitrogen and oxygen atoms in total. The van der Waals surface area contributed by atoms with Gasteiger partial charge in [0.2, 0.25) is 5.88 Å². The first-order valence-electron chi connectivity index (χ1n) is 5.69. The summed E-state index contributed by atoms with van der Waals surface area (Å²) in [6.07, 6.45) is 0. The summed E-state index contributed by atoms with van der Waals surface area (Å²) in [6, 6.07) is 4.76. The quantitative estimate of drug-likeness (QED) is 0.692. The van der Waals surface area contributed by atoms with Crippen LogP contribution in [0.4, 0.5) is 0 Å². The van der Waals surface area contributed by atoms with Crippen molar-refractivity contribution in [2.45, 2.75) is 6.54 Å². The predicted molar refractivity (Wildman–Crippen MR) is 76.6 cm³/mol. The number of hydrogen-bond acceptors (Lipinski definition) is 6. The van der Waals surface area contributed by atoms with Crippen LogP contribution in [0.15, 0.2) is 28.4 Å². The summed E-state index contributed by atoms with van der Waals surface area (Å²) in [4.78, 5) is 21.1. The number of methoxy groups -OCH3 is 1. The molecule has 0 amide bonds. The van der Waals surface area contributed by atoms with E-state index in [-0.39, 0.29) is 12.1 Å². The number of aromatic nitrogens is 4. The summed E-state index contributed by atoms with van der Waals surface area (Å²) in [7, 11) is 1.49. The number of halogens is 1. The van der Waals surface area contributed by atoms with Gasteiger partial charge in [0, 0.05) is 17.5 Å². The minimum absolute atomic E-state index is 0.142. The van der Waals surface area contributed by atoms with Crippen molar-refractivity contribution in [3.63, 3.8) is 0 Å². The highest BCUT2D eigenvalue weighted by Crippen LogP contribution is 2.24. The van der Waals surface area contributed by atoms with Crippen LogP contribution in [0.25, 0.3) is 10.2 Å². The van der Waals surface area contributed by atoms with E-state index in [1.165, 1.54) is 35.3 Å². The predicted octanol–water partition coefficient (Wildman–Crippen LogP) is 1.96. The number of rotatable bonds is 3. The molecule has 8 heteroatoms. The van der Waals surface area contributed by atoms with E-state index in [2.05, 4.69) is 15.1 Å². The summed E-state index contributed by atoms with van der Waals surface area (Å²) in [6.45, 7) is 0.142. The Morgan fingerprint density at radius 3 is 3.00 bits per heavy atom. The van der Waals surface area contributed by atoms with Gasteiger partial charge >= 0.3 is 0 Å². The Kier molecular flexibility index (Phi) is 3.37. The standard InChI is InChI=1S/C12H9ClN4O2S/c1-19-9-2-3-10(18)17(16-9)6-8-14-11(13)7-4-5-20-12(7)15-8/h2-5H,6H2,1H3. The second-order valence-corrected chi connectivity index (χ2v) is 5.19. The molecule has 3 aromatic rings. The number of thiophene rings is 1. The van der Waals surface area contributed by atoms with E-state index < -0.39 is 0 Å². The summed E-state index contributed by atoms with van der Waals surface area (Å²) < 4.78 is 6.23. The summed E-state index contributed by atoms with van der Waals surface area (Å²) in [5.41, 5.74) is -0.253. The zero-order valence-electron chi connectivity index (χ0n) is 10.4. The average molecular weight is 309 g/mol. The fourth-order valence-electron chi connectivity index (χ4n) is 1.72. The molecule has 102 valence electrons. The van der Waals surface area contributed by atoms with Crippen LogP contribution in [0, 0.1) is 0 Å².